The third kappa shape index (κ3) is 21.5. The molecule has 0 radical (unpaired) electrons. The Morgan fingerprint density at radius 1 is 0.804 bits per heavy atom. The van der Waals surface area contributed by atoms with Gasteiger partial charge in [-0.05, 0) is 76.1 Å². The monoisotopic (exact) mass is 698 g/mol. The van der Waals surface area contributed by atoms with Crippen molar-refractivity contribution in [2.75, 3.05) is 13.6 Å². The van der Waals surface area contributed by atoms with Crippen molar-refractivity contribution in [3.8, 4) is 0 Å². The number of hydrogen-bond acceptors (Lipinski definition) is 5. The third-order valence-corrected chi connectivity index (χ3v) is 7.30. The number of amides is 1. The van der Waals surface area contributed by atoms with Gasteiger partial charge in [0.25, 0.3) is 0 Å². The largest absolute Gasteiger partial charge is 0.469 e. The molecule has 3 aromatic rings. The lowest BCUT2D eigenvalue weighted by molar-refractivity contribution is -0.131. The molecule has 0 unspecified atom stereocenters. The quantitative estimate of drug-likeness (QED) is 0.167. The fourth-order valence-corrected chi connectivity index (χ4v) is 4.66. The van der Waals surface area contributed by atoms with Crippen molar-refractivity contribution in [1.82, 2.24) is 4.90 Å². The zero-order valence-corrected chi connectivity index (χ0v) is 34.1. The highest BCUT2D eigenvalue weighted by atomic mass is 16.3. The highest BCUT2D eigenvalue weighted by Crippen LogP contribution is 2.20. The summed E-state index contributed by atoms with van der Waals surface area (Å²) >= 11 is 0. The minimum atomic E-state index is 0.110. The van der Waals surface area contributed by atoms with Crippen LogP contribution in [-0.2, 0) is 22.4 Å². The van der Waals surface area contributed by atoms with Gasteiger partial charge in [-0.1, -0.05) is 121 Å². The van der Waals surface area contributed by atoms with Crippen LogP contribution in [0.3, 0.4) is 0 Å². The molecular formula is C45H67N3O3. The maximum Gasteiger partial charge on any atom is 0.222 e. The lowest BCUT2D eigenvalue weighted by Gasteiger charge is -2.22. The number of rotatable bonds is 13. The maximum absolute atomic E-state index is 11.5. The first kappa shape index (κ1) is 46.7. The maximum atomic E-state index is 11.5. The van der Waals surface area contributed by atoms with Crippen molar-refractivity contribution in [2.45, 2.75) is 122 Å². The number of allylic oxidation sites excluding steroid dienone is 3. The number of nitrogens with zero attached hydrogens (tertiary/aromatic N) is 3. The summed E-state index contributed by atoms with van der Waals surface area (Å²) < 4.78 is 5.55. The van der Waals surface area contributed by atoms with Gasteiger partial charge < -0.3 is 14.1 Å². The van der Waals surface area contributed by atoms with Gasteiger partial charge in [-0.15, -0.1) is 0 Å². The Morgan fingerprint density at radius 3 is 1.82 bits per heavy atom. The van der Waals surface area contributed by atoms with Gasteiger partial charge in [-0.25, -0.2) is 0 Å². The summed E-state index contributed by atoms with van der Waals surface area (Å²) in [5, 5.41) is 0. The van der Waals surface area contributed by atoms with Gasteiger partial charge in [0.15, 0.2) is 0 Å². The summed E-state index contributed by atoms with van der Waals surface area (Å²) in [7, 11) is 1.87. The second kappa shape index (κ2) is 26.5. The van der Waals surface area contributed by atoms with E-state index in [2.05, 4.69) is 84.0 Å². The van der Waals surface area contributed by atoms with Gasteiger partial charge in [0, 0.05) is 45.0 Å². The molecular weight excluding hydrogens is 631 g/mol. The molecule has 3 rings (SSSR count). The average Bonchev–Trinajstić information content (AvgIpc) is 3.61. The number of benzene rings is 2. The molecule has 6 nitrogen and oxygen atoms in total. The third-order valence-electron chi connectivity index (χ3n) is 7.30. The van der Waals surface area contributed by atoms with Gasteiger partial charge in [0.1, 0.15) is 11.5 Å². The van der Waals surface area contributed by atoms with Crippen molar-refractivity contribution in [2.24, 2.45) is 15.4 Å². The van der Waals surface area contributed by atoms with Crippen molar-refractivity contribution < 1.29 is 14.0 Å². The molecule has 1 amide bonds. The first-order valence-electron chi connectivity index (χ1n) is 18.5. The molecule has 0 saturated carbocycles. The highest BCUT2D eigenvalue weighted by molar-refractivity contribution is 6.42. The van der Waals surface area contributed by atoms with Crippen LogP contribution in [0.15, 0.2) is 111 Å². The molecule has 0 aliphatic carbocycles. The van der Waals surface area contributed by atoms with Crippen LogP contribution in [0.2, 0.25) is 0 Å². The fourth-order valence-electron chi connectivity index (χ4n) is 4.66. The molecule has 1 heterocycles. The first-order valence-corrected chi connectivity index (χ1v) is 18.5. The summed E-state index contributed by atoms with van der Waals surface area (Å²) in [5.41, 5.74) is 7.43. The second-order valence-corrected chi connectivity index (χ2v) is 13.7. The standard InChI is InChI=1S/C28H30N2O.C10H21NO.C5H10O.C2H6/c1-5-26(24-15-10-7-11-16-24)30-28(19-23-13-8-6-9-14-23)22(4)29-27(21(2)3)20-25-17-12-18-31-25;1-6-7-11(5)9(12)8-10(2,3)4;1-3-4-5(2)6;1-2/h5-18H,19-20H2,1-4H3;6-8H2,1-5H3;3-4H2,1-2H3;1-2H3/b26-5-,29-22?,30-28?;;;. The van der Waals surface area contributed by atoms with Crippen LogP contribution < -0.4 is 0 Å². The Morgan fingerprint density at radius 2 is 1.39 bits per heavy atom. The van der Waals surface area contributed by atoms with Gasteiger partial charge in [0.05, 0.1) is 23.4 Å². The van der Waals surface area contributed by atoms with E-state index in [1.54, 1.807) is 13.2 Å². The van der Waals surface area contributed by atoms with Gasteiger partial charge in [-0.2, -0.15) is 0 Å². The lowest BCUT2D eigenvalue weighted by atomic mass is 9.92. The number of furan rings is 1. The van der Waals surface area contributed by atoms with Crippen LogP contribution in [0.4, 0.5) is 0 Å². The van der Waals surface area contributed by atoms with Crippen LogP contribution in [0.1, 0.15) is 126 Å². The van der Waals surface area contributed by atoms with Gasteiger partial charge in [-0.3, -0.25) is 14.8 Å². The minimum Gasteiger partial charge on any atom is -0.469 e. The van der Waals surface area contributed by atoms with Crippen LogP contribution in [0, 0.1) is 5.41 Å². The Kier molecular flexibility index (Phi) is 24.2. The average molecular weight is 698 g/mol. The predicted octanol–water partition coefficient (Wildman–Crippen LogP) is 12.0. The molecule has 0 fully saturated rings. The molecule has 0 atom stereocenters. The van der Waals surface area contributed by atoms with Crippen molar-refractivity contribution in [1.29, 1.82) is 0 Å². The first-order chi connectivity index (χ1) is 24.2. The zero-order chi connectivity index (χ0) is 38.8. The van der Waals surface area contributed by atoms with E-state index >= 15 is 0 Å². The lowest BCUT2D eigenvalue weighted by Crippen LogP contribution is -2.30. The molecule has 0 bridgehead atoms. The van der Waals surface area contributed by atoms with Crippen molar-refractivity contribution in [3.63, 3.8) is 0 Å². The molecule has 0 aliphatic heterocycles. The van der Waals surface area contributed by atoms with E-state index in [-0.39, 0.29) is 17.1 Å². The zero-order valence-electron chi connectivity index (χ0n) is 34.1. The van der Waals surface area contributed by atoms with E-state index in [1.807, 2.05) is 83.0 Å². The predicted molar refractivity (Wildman–Crippen MR) is 221 cm³/mol. The Balaban J connectivity index is 0.00000103. The van der Waals surface area contributed by atoms with Crippen LogP contribution in [0.25, 0.3) is 5.70 Å². The normalized spacial score (nSPS) is 11.5. The summed E-state index contributed by atoms with van der Waals surface area (Å²) in [6.07, 6.45) is 8.54. The number of carbonyl (C=O) groups excluding carboxylic acids is 2. The summed E-state index contributed by atoms with van der Waals surface area (Å²) in [5.74, 6) is 1.45. The van der Waals surface area contributed by atoms with E-state index < -0.39 is 0 Å². The fraction of sp³-hybridized carbons (Fsp3) is 0.467. The second-order valence-electron chi connectivity index (χ2n) is 13.7. The summed E-state index contributed by atoms with van der Waals surface area (Å²) in [6.45, 7) is 25.1. The minimum absolute atomic E-state index is 0.110. The van der Waals surface area contributed by atoms with E-state index in [0.29, 0.717) is 12.8 Å². The van der Waals surface area contributed by atoms with Crippen molar-refractivity contribution >= 4 is 28.8 Å². The Hall–Kier alpha value is -4.32. The molecule has 0 saturated heterocycles. The molecule has 0 aliphatic rings. The van der Waals surface area contributed by atoms with Crippen LogP contribution in [0.5, 0.6) is 0 Å². The number of aliphatic imine (C=N–C) groups is 2. The number of Topliss-reactive ketones (excluding diaryl/α,β-unsaturated/α-hetero) is 1. The smallest absolute Gasteiger partial charge is 0.222 e. The van der Waals surface area contributed by atoms with Crippen LogP contribution in [-0.4, -0.2) is 41.6 Å². The van der Waals surface area contributed by atoms with Crippen LogP contribution >= 0.6 is 0 Å². The summed E-state index contributed by atoms with van der Waals surface area (Å²) in [4.78, 5) is 33.4. The van der Waals surface area contributed by atoms with Gasteiger partial charge >= 0.3 is 0 Å². The molecule has 0 N–H and O–H groups in total. The molecule has 2 aromatic carbocycles. The van der Waals surface area contributed by atoms with E-state index in [0.717, 1.165) is 66.4 Å². The van der Waals surface area contributed by atoms with E-state index in [1.165, 1.54) is 11.1 Å². The topological polar surface area (TPSA) is 75.2 Å². The van der Waals surface area contributed by atoms with Crippen molar-refractivity contribution in [3.05, 3.63) is 113 Å². The molecule has 0 spiro atoms. The molecule has 280 valence electrons. The Labute approximate surface area is 310 Å². The number of carbonyl (C=O) groups is 2. The van der Waals surface area contributed by atoms with E-state index in [9.17, 15) is 9.59 Å². The molecule has 51 heavy (non-hydrogen) atoms. The summed E-state index contributed by atoms with van der Waals surface area (Å²) in [6, 6.07) is 24.6. The molecule has 6 heteroatoms. The van der Waals surface area contributed by atoms with Gasteiger partial charge in [0.2, 0.25) is 5.91 Å². The highest BCUT2D eigenvalue weighted by Gasteiger charge is 2.18. The van der Waals surface area contributed by atoms with E-state index in [4.69, 9.17) is 14.4 Å². The number of hydrogen-bond donors (Lipinski definition) is 0. The number of ketones is 1. The molecule has 1 aromatic heterocycles. The Bertz CT molecular complexity index is 1500. The SMILES string of the molecule is C/C=C(\N=C(Cc1ccccc1)C(C)=NC(Cc1ccco1)=C(C)C)c1ccccc1.CC.CCCC(C)=O.CCCN(C)C(=O)CC(C)(C)C.